The largest absolute Gasteiger partial charge is 0.489 e. The fourth-order valence-electron chi connectivity index (χ4n) is 3.15. The van der Waals surface area contributed by atoms with Crippen molar-refractivity contribution in [2.24, 2.45) is 0 Å². The number of anilines is 2. The predicted octanol–water partition coefficient (Wildman–Crippen LogP) is 5.36. The molecule has 8 heteroatoms. The number of hydrogen-bond acceptors (Lipinski definition) is 4. The van der Waals surface area contributed by atoms with Crippen LogP contribution >= 0.6 is 11.6 Å². The Labute approximate surface area is 199 Å². The molecule has 0 saturated heterocycles. The first-order valence-electron chi connectivity index (χ1n) is 10.2. The minimum atomic E-state index is -4.04. The van der Waals surface area contributed by atoms with E-state index in [1.165, 1.54) is 12.1 Å². The SMILES string of the molecule is C=CCOc1cccc(NC(=O)CN(c2cccc(Cl)c2C)S(=O)(=O)c2ccc(C)cc2)c1. The third kappa shape index (κ3) is 5.94. The molecule has 0 aliphatic heterocycles. The molecule has 33 heavy (non-hydrogen) atoms. The predicted molar refractivity (Wildman–Crippen MR) is 133 cm³/mol. The molecule has 0 atom stereocenters. The van der Waals surface area contributed by atoms with Gasteiger partial charge in [0.15, 0.2) is 0 Å². The Kier molecular flexibility index (Phi) is 7.79. The molecule has 3 rings (SSSR count). The van der Waals surface area contributed by atoms with Crippen LogP contribution in [0.15, 0.2) is 84.3 Å². The van der Waals surface area contributed by atoms with Gasteiger partial charge >= 0.3 is 0 Å². The molecule has 3 aromatic carbocycles. The number of rotatable bonds is 9. The number of sulfonamides is 1. The van der Waals surface area contributed by atoms with E-state index in [0.717, 1.165) is 9.87 Å². The van der Waals surface area contributed by atoms with Crippen LogP contribution in [0.25, 0.3) is 0 Å². The van der Waals surface area contributed by atoms with E-state index in [-0.39, 0.29) is 4.90 Å². The lowest BCUT2D eigenvalue weighted by Gasteiger charge is -2.26. The number of benzene rings is 3. The second kappa shape index (κ2) is 10.6. The van der Waals surface area contributed by atoms with E-state index >= 15 is 0 Å². The summed E-state index contributed by atoms with van der Waals surface area (Å²) in [5.74, 6) is 0.0495. The molecular formula is C25H25ClN2O4S. The number of nitrogens with one attached hydrogen (secondary N) is 1. The van der Waals surface area contributed by atoms with Crippen molar-refractivity contribution in [1.29, 1.82) is 0 Å². The zero-order valence-corrected chi connectivity index (χ0v) is 20.0. The van der Waals surface area contributed by atoms with Gasteiger partial charge in [0.1, 0.15) is 18.9 Å². The molecule has 0 aliphatic rings. The van der Waals surface area contributed by atoms with Crippen molar-refractivity contribution in [2.45, 2.75) is 18.7 Å². The lowest BCUT2D eigenvalue weighted by Crippen LogP contribution is -2.38. The van der Waals surface area contributed by atoms with Crippen LogP contribution in [0.1, 0.15) is 11.1 Å². The summed E-state index contributed by atoms with van der Waals surface area (Å²) >= 11 is 6.26. The van der Waals surface area contributed by atoms with Gasteiger partial charge in [0.2, 0.25) is 5.91 Å². The highest BCUT2D eigenvalue weighted by Gasteiger charge is 2.28. The van der Waals surface area contributed by atoms with Crippen molar-refractivity contribution >= 4 is 38.9 Å². The summed E-state index contributed by atoms with van der Waals surface area (Å²) in [7, 11) is -4.04. The first kappa shape index (κ1) is 24.4. The van der Waals surface area contributed by atoms with Crippen molar-refractivity contribution < 1.29 is 17.9 Å². The maximum absolute atomic E-state index is 13.5. The van der Waals surface area contributed by atoms with Crippen molar-refractivity contribution in [1.82, 2.24) is 0 Å². The molecule has 0 fully saturated rings. The van der Waals surface area contributed by atoms with Gasteiger partial charge in [0.25, 0.3) is 10.0 Å². The summed E-state index contributed by atoms with van der Waals surface area (Å²) in [5.41, 5.74) is 2.30. The van der Waals surface area contributed by atoms with E-state index in [0.29, 0.717) is 34.3 Å². The summed E-state index contributed by atoms with van der Waals surface area (Å²) in [6.07, 6.45) is 1.62. The number of hydrogen-bond donors (Lipinski definition) is 1. The maximum atomic E-state index is 13.5. The van der Waals surface area contributed by atoms with Crippen LogP contribution in [-0.4, -0.2) is 27.5 Å². The number of carbonyl (C=O) groups excluding carboxylic acids is 1. The highest BCUT2D eigenvalue weighted by Crippen LogP contribution is 2.31. The Hall–Kier alpha value is -3.29. The Morgan fingerprint density at radius 2 is 1.79 bits per heavy atom. The number of amides is 1. The van der Waals surface area contributed by atoms with E-state index in [1.807, 2.05) is 6.92 Å². The number of aryl methyl sites for hydroxylation is 1. The molecule has 0 aromatic heterocycles. The molecule has 0 unspecified atom stereocenters. The average molecular weight is 485 g/mol. The lowest BCUT2D eigenvalue weighted by atomic mass is 10.2. The smallest absolute Gasteiger partial charge is 0.264 e. The quantitative estimate of drug-likeness (QED) is 0.415. The van der Waals surface area contributed by atoms with Crippen LogP contribution in [-0.2, 0) is 14.8 Å². The molecule has 0 radical (unpaired) electrons. The van der Waals surface area contributed by atoms with Gasteiger partial charge in [-0.25, -0.2) is 8.42 Å². The van der Waals surface area contributed by atoms with E-state index in [9.17, 15) is 13.2 Å². The standard InChI is InChI=1S/C25H25ClN2O4S/c1-4-15-32-21-8-5-7-20(16-21)27-25(29)17-28(24-10-6-9-23(26)19(24)3)33(30,31)22-13-11-18(2)12-14-22/h4-14,16H,1,15,17H2,2-3H3,(H,27,29). The highest BCUT2D eigenvalue weighted by molar-refractivity contribution is 7.92. The fourth-order valence-corrected chi connectivity index (χ4v) is 4.80. The number of ether oxygens (including phenoxy) is 1. The van der Waals surface area contributed by atoms with E-state index in [1.54, 1.807) is 67.6 Å². The molecule has 6 nitrogen and oxygen atoms in total. The molecular weight excluding hydrogens is 460 g/mol. The van der Waals surface area contributed by atoms with Gasteiger partial charge in [0.05, 0.1) is 10.6 Å². The zero-order chi connectivity index (χ0) is 24.0. The van der Waals surface area contributed by atoms with Crippen molar-refractivity contribution in [3.63, 3.8) is 0 Å². The van der Waals surface area contributed by atoms with Crippen LogP contribution in [0, 0.1) is 13.8 Å². The van der Waals surface area contributed by atoms with E-state index in [4.69, 9.17) is 16.3 Å². The average Bonchev–Trinajstić information content (AvgIpc) is 2.78. The molecule has 1 amide bonds. The second-order valence-corrected chi connectivity index (χ2v) is 9.65. The Morgan fingerprint density at radius 1 is 1.09 bits per heavy atom. The van der Waals surface area contributed by atoms with Crippen LogP contribution < -0.4 is 14.4 Å². The summed E-state index contributed by atoms with van der Waals surface area (Å²) in [4.78, 5) is 13.0. The third-order valence-corrected chi connectivity index (χ3v) is 7.07. The summed E-state index contributed by atoms with van der Waals surface area (Å²) in [6, 6.07) is 18.3. The lowest BCUT2D eigenvalue weighted by molar-refractivity contribution is -0.114. The second-order valence-electron chi connectivity index (χ2n) is 7.38. The Bertz CT molecular complexity index is 1260. The Balaban J connectivity index is 1.93. The molecule has 0 heterocycles. The minimum Gasteiger partial charge on any atom is -0.489 e. The van der Waals surface area contributed by atoms with Crippen LogP contribution in [0.3, 0.4) is 0 Å². The fraction of sp³-hybridized carbons (Fsp3) is 0.160. The molecule has 0 bridgehead atoms. The molecule has 3 aromatic rings. The molecule has 0 spiro atoms. The van der Waals surface area contributed by atoms with E-state index < -0.39 is 22.5 Å². The third-order valence-electron chi connectivity index (χ3n) is 4.89. The van der Waals surface area contributed by atoms with Crippen LogP contribution in [0.4, 0.5) is 11.4 Å². The first-order valence-corrected chi connectivity index (χ1v) is 12.0. The van der Waals surface area contributed by atoms with Crippen molar-refractivity contribution in [2.75, 3.05) is 22.8 Å². The molecule has 0 aliphatic carbocycles. The van der Waals surface area contributed by atoms with Crippen LogP contribution in [0.2, 0.25) is 5.02 Å². The molecule has 172 valence electrons. The van der Waals surface area contributed by atoms with Gasteiger partial charge < -0.3 is 10.1 Å². The highest BCUT2D eigenvalue weighted by atomic mass is 35.5. The molecule has 1 N–H and O–H groups in total. The van der Waals surface area contributed by atoms with Gasteiger partial charge in [-0.2, -0.15) is 0 Å². The number of carbonyl (C=O) groups is 1. The van der Waals surface area contributed by atoms with Gasteiger partial charge in [-0.05, 0) is 55.8 Å². The monoisotopic (exact) mass is 484 g/mol. The maximum Gasteiger partial charge on any atom is 0.264 e. The molecule has 0 saturated carbocycles. The summed E-state index contributed by atoms with van der Waals surface area (Å²) < 4.78 is 33.6. The van der Waals surface area contributed by atoms with Crippen molar-refractivity contribution in [3.8, 4) is 5.75 Å². The minimum absolute atomic E-state index is 0.0834. The summed E-state index contributed by atoms with van der Waals surface area (Å²) in [5, 5.41) is 3.15. The normalized spacial score (nSPS) is 11.0. The van der Waals surface area contributed by atoms with Gasteiger partial charge in [0, 0.05) is 16.8 Å². The van der Waals surface area contributed by atoms with Crippen molar-refractivity contribution in [3.05, 3.63) is 95.5 Å². The van der Waals surface area contributed by atoms with Gasteiger partial charge in [-0.15, -0.1) is 0 Å². The Morgan fingerprint density at radius 3 is 2.48 bits per heavy atom. The van der Waals surface area contributed by atoms with Gasteiger partial charge in [-0.1, -0.05) is 54.1 Å². The first-order chi connectivity index (χ1) is 15.7. The number of halogens is 1. The topological polar surface area (TPSA) is 75.7 Å². The van der Waals surface area contributed by atoms with Gasteiger partial charge in [-0.3, -0.25) is 9.10 Å². The summed E-state index contributed by atoms with van der Waals surface area (Å²) in [6.45, 7) is 7.09. The zero-order valence-electron chi connectivity index (χ0n) is 18.4. The van der Waals surface area contributed by atoms with E-state index in [2.05, 4.69) is 11.9 Å². The number of nitrogens with zero attached hydrogens (tertiary/aromatic N) is 1. The van der Waals surface area contributed by atoms with Crippen LogP contribution in [0.5, 0.6) is 5.75 Å².